The van der Waals surface area contributed by atoms with Gasteiger partial charge in [-0.2, -0.15) is 11.8 Å². The Balaban J connectivity index is 2.56. The lowest BCUT2D eigenvalue weighted by Gasteiger charge is -2.22. The molecule has 0 bridgehead atoms. The number of benzene rings is 1. The van der Waals surface area contributed by atoms with Crippen LogP contribution in [0.5, 0.6) is 0 Å². The van der Waals surface area contributed by atoms with Crippen molar-refractivity contribution in [3.05, 3.63) is 34.6 Å². The zero-order chi connectivity index (χ0) is 12.2. The van der Waals surface area contributed by atoms with Crippen LogP contribution in [0.3, 0.4) is 0 Å². The number of hydrogen-bond acceptors (Lipinski definition) is 2. The van der Waals surface area contributed by atoms with Gasteiger partial charge in [-0.1, -0.05) is 17.7 Å². The first-order valence-corrected chi connectivity index (χ1v) is 6.75. The molecule has 1 nitrogen and oxygen atoms in total. The fourth-order valence-electron chi connectivity index (χ4n) is 1.26. The quantitative estimate of drug-likeness (QED) is 0.867. The molecule has 0 aliphatic rings. The van der Waals surface area contributed by atoms with E-state index in [9.17, 15) is 4.39 Å². The minimum atomic E-state index is -0.248. The smallest absolute Gasteiger partial charge is 0.129 e. The van der Waals surface area contributed by atoms with Crippen LogP contribution < -0.4 is 5.32 Å². The molecule has 0 saturated carbocycles. The van der Waals surface area contributed by atoms with Crippen LogP contribution >= 0.6 is 23.4 Å². The van der Waals surface area contributed by atoms with Gasteiger partial charge in [-0.05, 0) is 32.2 Å². The molecule has 0 heterocycles. The molecule has 16 heavy (non-hydrogen) atoms. The van der Waals surface area contributed by atoms with Gasteiger partial charge >= 0.3 is 0 Å². The highest BCUT2D eigenvalue weighted by molar-refractivity contribution is 7.99. The highest BCUT2D eigenvalue weighted by Gasteiger charge is 2.15. The minimum Gasteiger partial charge on any atom is -0.311 e. The Hall–Kier alpha value is -0.250. The largest absolute Gasteiger partial charge is 0.311 e. The van der Waals surface area contributed by atoms with Crippen molar-refractivity contribution >= 4 is 23.4 Å². The summed E-state index contributed by atoms with van der Waals surface area (Å²) >= 11 is 7.71. The summed E-state index contributed by atoms with van der Waals surface area (Å²) in [5.74, 6) is -0.248. The first-order valence-electron chi connectivity index (χ1n) is 5.15. The zero-order valence-corrected chi connectivity index (χ0v) is 11.4. The van der Waals surface area contributed by atoms with Crippen molar-refractivity contribution in [2.45, 2.75) is 25.1 Å². The molecule has 1 aromatic rings. The van der Waals surface area contributed by atoms with E-state index < -0.39 is 0 Å². The average Bonchev–Trinajstić information content (AvgIpc) is 2.22. The van der Waals surface area contributed by atoms with Crippen molar-refractivity contribution < 1.29 is 4.39 Å². The second-order valence-corrected chi connectivity index (χ2v) is 6.19. The summed E-state index contributed by atoms with van der Waals surface area (Å²) in [4.78, 5) is 0. The van der Waals surface area contributed by atoms with E-state index in [0.717, 1.165) is 6.54 Å². The average molecular weight is 262 g/mol. The third-order valence-electron chi connectivity index (χ3n) is 2.47. The van der Waals surface area contributed by atoms with Gasteiger partial charge in [0.25, 0.3) is 0 Å². The van der Waals surface area contributed by atoms with Gasteiger partial charge in [0.05, 0.1) is 0 Å². The lowest BCUT2D eigenvalue weighted by atomic mass is 10.2. The normalized spacial score (nSPS) is 11.8. The maximum atomic E-state index is 13.4. The van der Waals surface area contributed by atoms with Gasteiger partial charge in [0.1, 0.15) is 5.82 Å². The van der Waals surface area contributed by atoms with E-state index in [4.69, 9.17) is 11.6 Å². The summed E-state index contributed by atoms with van der Waals surface area (Å²) in [5, 5.41) is 3.71. The van der Waals surface area contributed by atoms with Crippen LogP contribution in [-0.2, 0) is 6.54 Å². The van der Waals surface area contributed by atoms with Gasteiger partial charge in [0.2, 0.25) is 0 Å². The van der Waals surface area contributed by atoms with Crippen molar-refractivity contribution in [2.75, 3.05) is 12.8 Å². The van der Waals surface area contributed by atoms with Gasteiger partial charge in [0, 0.05) is 28.4 Å². The molecule has 4 heteroatoms. The van der Waals surface area contributed by atoms with Gasteiger partial charge in [0.15, 0.2) is 0 Å². The Bertz CT molecular complexity index is 335. The molecule has 0 aliphatic carbocycles. The predicted molar refractivity (Wildman–Crippen MR) is 70.7 cm³/mol. The van der Waals surface area contributed by atoms with Gasteiger partial charge < -0.3 is 5.32 Å². The van der Waals surface area contributed by atoms with E-state index in [1.807, 2.05) is 0 Å². The van der Waals surface area contributed by atoms with Gasteiger partial charge in [-0.25, -0.2) is 4.39 Å². The second kappa shape index (κ2) is 5.89. The molecule has 0 unspecified atom stereocenters. The van der Waals surface area contributed by atoms with Crippen molar-refractivity contribution in [3.63, 3.8) is 0 Å². The summed E-state index contributed by atoms with van der Waals surface area (Å²) in [6.45, 7) is 5.58. The molecule has 0 aromatic heterocycles. The topological polar surface area (TPSA) is 12.0 Å². The number of hydrogen-bond donors (Lipinski definition) is 1. The molecule has 0 spiro atoms. The molecule has 1 aromatic carbocycles. The molecule has 0 fully saturated rings. The number of nitrogens with one attached hydrogen (secondary N) is 1. The molecular formula is C12H17ClFNS. The van der Waals surface area contributed by atoms with E-state index >= 15 is 0 Å². The Labute approximate surface area is 106 Å². The zero-order valence-electron chi connectivity index (χ0n) is 9.81. The van der Waals surface area contributed by atoms with Gasteiger partial charge in [-0.15, -0.1) is 0 Å². The Morgan fingerprint density at radius 3 is 2.69 bits per heavy atom. The van der Waals surface area contributed by atoms with Crippen molar-refractivity contribution in [2.24, 2.45) is 0 Å². The van der Waals surface area contributed by atoms with Crippen LogP contribution in [0.2, 0.25) is 5.02 Å². The number of thioether (sulfide) groups is 1. The molecule has 1 N–H and O–H groups in total. The maximum Gasteiger partial charge on any atom is 0.129 e. The fourth-order valence-corrected chi connectivity index (χ4v) is 1.74. The fraction of sp³-hybridized carbons (Fsp3) is 0.500. The maximum absolute atomic E-state index is 13.4. The Morgan fingerprint density at radius 2 is 2.12 bits per heavy atom. The second-order valence-electron chi connectivity index (χ2n) is 4.27. The summed E-state index contributed by atoms with van der Waals surface area (Å²) in [6.07, 6.45) is 2.07. The molecule has 0 saturated heterocycles. The van der Waals surface area contributed by atoms with E-state index in [0.29, 0.717) is 17.1 Å². The highest BCUT2D eigenvalue weighted by Crippen LogP contribution is 2.21. The summed E-state index contributed by atoms with van der Waals surface area (Å²) in [7, 11) is 0. The van der Waals surface area contributed by atoms with E-state index in [2.05, 4.69) is 25.4 Å². The van der Waals surface area contributed by atoms with Crippen LogP contribution in [0, 0.1) is 5.82 Å². The monoisotopic (exact) mass is 261 g/mol. The van der Waals surface area contributed by atoms with E-state index in [1.54, 1.807) is 23.9 Å². The molecule has 0 atom stereocenters. The first-order chi connectivity index (χ1) is 7.46. The Kier molecular flexibility index (Phi) is 5.09. The van der Waals surface area contributed by atoms with Crippen molar-refractivity contribution in [3.8, 4) is 0 Å². The molecular weight excluding hydrogens is 245 g/mol. The summed E-state index contributed by atoms with van der Waals surface area (Å²) < 4.78 is 13.6. The molecule has 0 radical (unpaired) electrons. The van der Waals surface area contributed by atoms with Crippen molar-refractivity contribution in [1.29, 1.82) is 0 Å². The first kappa shape index (κ1) is 13.8. The van der Waals surface area contributed by atoms with Crippen molar-refractivity contribution in [1.82, 2.24) is 5.32 Å². The van der Waals surface area contributed by atoms with E-state index in [1.165, 1.54) is 6.07 Å². The molecule has 1 rings (SSSR count). The lowest BCUT2D eigenvalue weighted by Crippen LogP contribution is -2.31. The number of halogens is 2. The van der Waals surface area contributed by atoms with Crippen LogP contribution in [0.15, 0.2) is 18.2 Å². The van der Waals surface area contributed by atoms with Crippen LogP contribution in [0.4, 0.5) is 4.39 Å². The SMILES string of the molecule is CSC(C)(C)CNCc1c(F)cccc1Cl. The standard InChI is InChI=1S/C12H17ClFNS/c1-12(2,16-3)8-15-7-9-10(13)5-4-6-11(9)14/h4-6,15H,7-8H2,1-3H3. The van der Waals surface area contributed by atoms with Crippen LogP contribution in [-0.4, -0.2) is 17.5 Å². The Morgan fingerprint density at radius 1 is 1.44 bits per heavy atom. The van der Waals surface area contributed by atoms with E-state index in [-0.39, 0.29) is 10.6 Å². The predicted octanol–water partition coefficient (Wildman–Crippen LogP) is 3.71. The highest BCUT2D eigenvalue weighted by atomic mass is 35.5. The molecule has 0 amide bonds. The third-order valence-corrected chi connectivity index (χ3v) is 4.07. The lowest BCUT2D eigenvalue weighted by molar-refractivity contribution is 0.560. The number of rotatable bonds is 5. The van der Waals surface area contributed by atoms with Gasteiger partial charge in [-0.3, -0.25) is 0 Å². The van der Waals surface area contributed by atoms with Crippen LogP contribution in [0.1, 0.15) is 19.4 Å². The minimum absolute atomic E-state index is 0.151. The van der Waals surface area contributed by atoms with Crippen LogP contribution in [0.25, 0.3) is 0 Å². The summed E-state index contributed by atoms with van der Waals surface area (Å²) in [5.41, 5.74) is 0.543. The molecule has 90 valence electrons. The summed E-state index contributed by atoms with van der Waals surface area (Å²) in [6, 6.07) is 4.76. The molecule has 0 aliphatic heterocycles. The third kappa shape index (κ3) is 3.96.